The maximum absolute atomic E-state index is 13.9. The van der Waals surface area contributed by atoms with Crippen LogP contribution in [0.4, 0.5) is 4.39 Å². The average Bonchev–Trinajstić information content (AvgIpc) is 3.13. The highest BCUT2D eigenvalue weighted by Crippen LogP contribution is 2.30. The molecule has 1 aliphatic carbocycles. The third-order valence-electron chi connectivity index (χ3n) is 3.00. The number of rotatable bonds is 5. The minimum atomic E-state index is -0.187. The van der Waals surface area contributed by atoms with Gasteiger partial charge in [0.25, 0.3) is 0 Å². The summed E-state index contributed by atoms with van der Waals surface area (Å²) in [6, 6.07) is 5.64. The van der Waals surface area contributed by atoms with Gasteiger partial charge in [0.2, 0.25) is 5.16 Å². The molecule has 0 atom stereocenters. The maximum Gasteiger partial charge on any atom is 0.213 e. The molecule has 7 heteroatoms. The van der Waals surface area contributed by atoms with Crippen molar-refractivity contribution in [2.75, 3.05) is 0 Å². The molecule has 1 saturated carbocycles. The first-order chi connectivity index (χ1) is 9.24. The molecule has 1 N–H and O–H groups in total. The van der Waals surface area contributed by atoms with Crippen LogP contribution in [0.2, 0.25) is 0 Å². The van der Waals surface area contributed by atoms with Gasteiger partial charge in [0, 0.05) is 30.1 Å². The summed E-state index contributed by atoms with van der Waals surface area (Å²) in [4.78, 5) is 0.853. The van der Waals surface area contributed by atoms with Crippen LogP contribution in [0.15, 0.2) is 28.3 Å². The van der Waals surface area contributed by atoms with Crippen molar-refractivity contribution in [2.45, 2.75) is 35.5 Å². The van der Waals surface area contributed by atoms with Crippen molar-refractivity contribution in [1.82, 2.24) is 25.5 Å². The van der Waals surface area contributed by atoms with E-state index in [4.69, 9.17) is 0 Å². The molecule has 0 aliphatic heterocycles. The van der Waals surface area contributed by atoms with Gasteiger partial charge < -0.3 is 5.32 Å². The fourth-order valence-electron chi connectivity index (χ4n) is 1.75. The summed E-state index contributed by atoms with van der Waals surface area (Å²) in [7, 11) is 1.77. The third-order valence-corrected chi connectivity index (χ3v) is 4.13. The van der Waals surface area contributed by atoms with E-state index < -0.39 is 0 Å². The van der Waals surface area contributed by atoms with E-state index in [0.717, 1.165) is 4.90 Å². The minimum absolute atomic E-state index is 0.187. The van der Waals surface area contributed by atoms with Gasteiger partial charge in [0.05, 0.1) is 0 Å². The van der Waals surface area contributed by atoms with Gasteiger partial charge in [0.15, 0.2) is 0 Å². The van der Waals surface area contributed by atoms with Crippen molar-refractivity contribution in [3.8, 4) is 0 Å². The molecule has 19 heavy (non-hydrogen) atoms. The quantitative estimate of drug-likeness (QED) is 0.903. The van der Waals surface area contributed by atoms with Crippen molar-refractivity contribution < 1.29 is 4.39 Å². The van der Waals surface area contributed by atoms with Gasteiger partial charge in [-0.1, -0.05) is 6.07 Å². The van der Waals surface area contributed by atoms with Crippen LogP contribution in [0, 0.1) is 5.82 Å². The Hall–Kier alpha value is -1.47. The molecule has 0 radical (unpaired) electrons. The molecule has 0 saturated heterocycles. The second-order valence-corrected chi connectivity index (χ2v) is 5.57. The first kappa shape index (κ1) is 12.6. The summed E-state index contributed by atoms with van der Waals surface area (Å²) in [5.41, 5.74) is 0.683. The van der Waals surface area contributed by atoms with E-state index in [0.29, 0.717) is 23.3 Å². The molecule has 1 aromatic carbocycles. The number of nitrogens with one attached hydrogen (secondary N) is 1. The molecular weight excluding hydrogens is 265 g/mol. The van der Waals surface area contributed by atoms with Crippen molar-refractivity contribution in [3.63, 3.8) is 0 Å². The Labute approximate surface area is 114 Å². The highest BCUT2D eigenvalue weighted by molar-refractivity contribution is 7.99. The van der Waals surface area contributed by atoms with Gasteiger partial charge >= 0.3 is 0 Å². The molecule has 0 amide bonds. The molecule has 1 heterocycles. The molecule has 0 unspecified atom stereocenters. The van der Waals surface area contributed by atoms with Crippen molar-refractivity contribution >= 4 is 11.8 Å². The van der Waals surface area contributed by atoms with E-state index >= 15 is 0 Å². The Morgan fingerprint density at radius 1 is 1.47 bits per heavy atom. The van der Waals surface area contributed by atoms with Crippen LogP contribution in [0.1, 0.15) is 18.4 Å². The van der Waals surface area contributed by atoms with Gasteiger partial charge in [-0.25, -0.2) is 9.07 Å². The maximum atomic E-state index is 13.9. The van der Waals surface area contributed by atoms with Crippen LogP contribution >= 0.6 is 11.8 Å². The van der Waals surface area contributed by atoms with Gasteiger partial charge in [0.1, 0.15) is 5.82 Å². The summed E-state index contributed by atoms with van der Waals surface area (Å²) in [5, 5.41) is 15.3. The number of tetrazole rings is 1. The highest BCUT2D eigenvalue weighted by atomic mass is 32.2. The molecule has 2 aromatic rings. The predicted molar refractivity (Wildman–Crippen MR) is 69.2 cm³/mol. The fourth-order valence-corrected chi connectivity index (χ4v) is 2.63. The first-order valence-electron chi connectivity index (χ1n) is 6.15. The highest BCUT2D eigenvalue weighted by Gasteiger charge is 2.21. The number of nitrogens with zero attached hydrogens (tertiary/aromatic N) is 4. The number of hydrogen-bond acceptors (Lipinski definition) is 5. The smallest absolute Gasteiger partial charge is 0.213 e. The van der Waals surface area contributed by atoms with Crippen LogP contribution < -0.4 is 5.32 Å². The van der Waals surface area contributed by atoms with Gasteiger partial charge in [-0.3, -0.25) is 0 Å². The first-order valence-corrected chi connectivity index (χ1v) is 6.96. The summed E-state index contributed by atoms with van der Waals surface area (Å²) in [6.45, 7) is 0.547. The number of aryl methyl sites for hydroxylation is 1. The lowest BCUT2D eigenvalue weighted by molar-refractivity contribution is 0.578. The standard InChI is InChI=1S/C12H14FN5S/c1-18-12(15-16-17-18)19-11-4-2-3-10(13)9(11)7-14-8-5-6-8/h2-4,8,14H,5-7H2,1H3. The van der Waals surface area contributed by atoms with Crippen molar-refractivity contribution in [2.24, 2.45) is 7.05 Å². The van der Waals surface area contributed by atoms with Crippen molar-refractivity contribution in [1.29, 1.82) is 0 Å². The zero-order chi connectivity index (χ0) is 13.2. The Bertz CT molecular complexity index is 581. The lowest BCUT2D eigenvalue weighted by atomic mass is 10.2. The number of benzene rings is 1. The molecule has 1 aliphatic rings. The summed E-state index contributed by atoms with van der Waals surface area (Å²) >= 11 is 1.38. The Morgan fingerprint density at radius 2 is 2.32 bits per heavy atom. The van der Waals surface area contributed by atoms with E-state index in [9.17, 15) is 4.39 Å². The Kier molecular flexibility index (Phi) is 3.48. The summed E-state index contributed by atoms with van der Waals surface area (Å²) in [5.74, 6) is -0.187. The fraction of sp³-hybridized carbons (Fsp3) is 0.417. The molecule has 0 spiro atoms. The van der Waals surface area contributed by atoms with Gasteiger partial charge in [-0.05, 0) is 47.2 Å². The summed E-state index contributed by atoms with van der Waals surface area (Å²) in [6.07, 6.45) is 2.37. The van der Waals surface area contributed by atoms with E-state index in [1.165, 1.54) is 30.7 Å². The van der Waals surface area contributed by atoms with Crippen LogP contribution in [-0.4, -0.2) is 26.2 Å². The van der Waals surface area contributed by atoms with E-state index in [1.54, 1.807) is 17.8 Å². The SMILES string of the molecule is Cn1nnnc1Sc1cccc(F)c1CNC1CC1. The predicted octanol–water partition coefficient (Wildman–Crippen LogP) is 1.75. The van der Waals surface area contributed by atoms with Crippen LogP contribution in [0.3, 0.4) is 0 Å². The largest absolute Gasteiger partial charge is 0.310 e. The van der Waals surface area contributed by atoms with E-state index in [-0.39, 0.29) is 5.82 Å². The van der Waals surface area contributed by atoms with E-state index in [2.05, 4.69) is 20.8 Å². The van der Waals surface area contributed by atoms with Crippen LogP contribution in [-0.2, 0) is 13.6 Å². The lowest BCUT2D eigenvalue weighted by Crippen LogP contribution is -2.17. The molecule has 5 nitrogen and oxygen atoms in total. The lowest BCUT2D eigenvalue weighted by Gasteiger charge is -2.10. The van der Waals surface area contributed by atoms with Crippen LogP contribution in [0.25, 0.3) is 0 Å². The van der Waals surface area contributed by atoms with Crippen LogP contribution in [0.5, 0.6) is 0 Å². The molecule has 1 fully saturated rings. The Morgan fingerprint density at radius 3 is 3.00 bits per heavy atom. The van der Waals surface area contributed by atoms with Crippen molar-refractivity contribution in [3.05, 3.63) is 29.6 Å². The number of halogens is 1. The number of aromatic nitrogens is 4. The normalized spacial score (nSPS) is 14.8. The van der Waals surface area contributed by atoms with Gasteiger partial charge in [-0.2, -0.15) is 0 Å². The third kappa shape index (κ3) is 2.93. The van der Waals surface area contributed by atoms with E-state index in [1.807, 2.05) is 6.07 Å². The van der Waals surface area contributed by atoms with Gasteiger partial charge in [-0.15, -0.1) is 5.10 Å². The molecule has 0 bridgehead atoms. The zero-order valence-electron chi connectivity index (χ0n) is 10.5. The second kappa shape index (κ2) is 5.26. The molecular formula is C12H14FN5S. The zero-order valence-corrected chi connectivity index (χ0v) is 11.3. The molecule has 100 valence electrons. The Balaban J connectivity index is 1.82. The average molecular weight is 279 g/mol. The monoisotopic (exact) mass is 279 g/mol. The second-order valence-electron chi connectivity index (χ2n) is 4.56. The summed E-state index contributed by atoms with van der Waals surface area (Å²) < 4.78 is 15.5. The number of hydrogen-bond donors (Lipinski definition) is 1. The topological polar surface area (TPSA) is 55.6 Å². The minimum Gasteiger partial charge on any atom is -0.310 e. The molecule has 1 aromatic heterocycles. The molecule has 3 rings (SSSR count).